The van der Waals surface area contributed by atoms with Gasteiger partial charge in [0.05, 0.1) is 0 Å². The van der Waals surface area contributed by atoms with E-state index >= 15 is 0 Å². The van der Waals surface area contributed by atoms with Crippen molar-refractivity contribution in [2.75, 3.05) is 0 Å². The van der Waals surface area contributed by atoms with Crippen molar-refractivity contribution < 1.29 is 14.3 Å². The Morgan fingerprint density at radius 3 is 3.00 bits per heavy atom. The Labute approximate surface area is 114 Å². The van der Waals surface area contributed by atoms with E-state index in [0.717, 1.165) is 0 Å². The van der Waals surface area contributed by atoms with Crippen molar-refractivity contribution in [3.05, 3.63) is 52.2 Å². The van der Waals surface area contributed by atoms with Crippen LogP contribution in [0.4, 0.5) is 5.82 Å². The van der Waals surface area contributed by atoms with Gasteiger partial charge in [0.2, 0.25) is 0 Å². The monoisotopic (exact) mass is 276 g/mol. The summed E-state index contributed by atoms with van der Waals surface area (Å²) in [7, 11) is 0. The minimum absolute atomic E-state index is 0.0471. The summed E-state index contributed by atoms with van der Waals surface area (Å²) >= 11 is 0. The molecule has 104 valence electrons. The van der Waals surface area contributed by atoms with E-state index in [9.17, 15) is 14.9 Å². The van der Waals surface area contributed by atoms with Crippen molar-refractivity contribution in [3.8, 4) is 0 Å². The van der Waals surface area contributed by atoms with Crippen LogP contribution in [-0.4, -0.2) is 20.4 Å². The Morgan fingerprint density at radius 1 is 1.60 bits per heavy atom. The third kappa shape index (κ3) is 2.79. The van der Waals surface area contributed by atoms with E-state index in [1.807, 2.05) is 0 Å². The van der Waals surface area contributed by atoms with Gasteiger partial charge >= 0.3 is 5.82 Å². The number of nitrogens with zero attached hydrogens (tertiary/aromatic N) is 4. The molecule has 2 rings (SSSR count). The van der Waals surface area contributed by atoms with Gasteiger partial charge in [-0.25, -0.2) is 14.1 Å². The number of aromatic nitrogens is 3. The standard InChI is InChI=1S/C12H13N5O3/c1-9-14-7-11(17(19)20)16(9)6-5-15-4-2-3-10(8-15)12(13)18/h2-4,7-8H,5-6H2,1H3,(H-,13,18)/p+1. The smallest absolute Gasteiger partial charge is 0.343 e. The summed E-state index contributed by atoms with van der Waals surface area (Å²) in [6.07, 6.45) is 4.62. The first kappa shape index (κ1) is 13.7. The molecule has 20 heavy (non-hydrogen) atoms. The van der Waals surface area contributed by atoms with Gasteiger partial charge in [0.15, 0.2) is 31.3 Å². The Balaban J connectivity index is 2.17. The second kappa shape index (κ2) is 5.47. The average molecular weight is 276 g/mol. The molecule has 0 bridgehead atoms. The minimum atomic E-state index is -0.510. The molecule has 0 aromatic carbocycles. The minimum Gasteiger partial charge on any atom is -0.365 e. The number of rotatable bonds is 5. The molecule has 0 aliphatic heterocycles. The molecule has 0 aliphatic carbocycles. The van der Waals surface area contributed by atoms with E-state index in [-0.39, 0.29) is 5.82 Å². The topological polar surface area (TPSA) is 108 Å². The van der Waals surface area contributed by atoms with Crippen molar-refractivity contribution in [3.63, 3.8) is 0 Å². The van der Waals surface area contributed by atoms with Crippen LogP contribution in [0.3, 0.4) is 0 Å². The fourth-order valence-electron chi connectivity index (χ4n) is 1.90. The maximum Gasteiger partial charge on any atom is 0.343 e. The summed E-state index contributed by atoms with van der Waals surface area (Å²) in [4.78, 5) is 25.4. The van der Waals surface area contributed by atoms with Gasteiger partial charge in [0.1, 0.15) is 11.8 Å². The summed E-state index contributed by atoms with van der Waals surface area (Å²) in [6.45, 7) is 2.56. The van der Waals surface area contributed by atoms with Gasteiger partial charge in [-0.15, -0.1) is 0 Å². The number of hydrogen-bond donors (Lipinski definition) is 1. The predicted octanol–water partition coefficient (Wildman–Crippen LogP) is 0.186. The van der Waals surface area contributed by atoms with Gasteiger partial charge in [-0.2, -0.15) is 0 Å². The number of hydrogen-bond acceptors (Lipinski definition) is 4. The lowest BCUT2D eigenvalue weighted by Crippen LogP contribution is -2.36. The van der Waals surface area contributed by atoms with Crippen molar-refractivity contribution in [2.24, 2.45) is 5.73 Å². The van der Waals surface area contributed by atoms with Crippen LogP contribution in [0.5, 0.6) is 0 Å². The van der Waals surface area contributed by atoms with E-state index in [0.29, 0.717) is 24.5 Å². The molecule has 2 N–H and O–H groups in total. The lowest BCUT2D eigenvalue weighted by atomic mass is 10.3. The van der Waals surface area contributed by atoms with E-state index in [1.165, 1.54) is 10.8 Å². The van der Waals surface area contributed by atoms with Crippen LogP contribution in [0.2, 0.25) is 0 Å². The van der Waals surface area contributed by atoms with E-state index in [2.05, 4.69) is 4.98 Å². The zero-order valence-corrected chi connectivity index (χ0v) is 10.9. The zero-order valence-electron chi connectivity index (χ0n) is 10.9. The highest BCUT2D eigenvalue weighted by Crippen LogP contribution is 2.12. The highest BCUT2D eigenvalue weighted by Gasteiger charge is 2.18. The number of imidazole rings is 1. The second-order valence-electron chi connectivity index (χ2n) is 4.27. The highest BCUT2D eigenvalue weighted by molar-refractivity contribution is 5.92. The number of pyridine rings is 1. The van der Waals surface area contributed by atoms with E-state index < -0.39 is 10.8 Å². The predicted molar refractivity (Wildman–Crippen MR) is 68.8 cm³/mol. The molecule has 0 unspecified atom stereocenters. The van der Waals surface area contributed by atoms with Crippen LogP contribution >= 0.6 is 0 Å². The molecule has 0 spiro atoms. The molecular formula is C12H14N5O3+. The molecule has 8 nitrogen and oxygen atoms in total. The third-order valence-electron chi connectivity index (χ3n) is 2.95. The molecule has 2 heterocycles. The van der Waals surface area contributed by atoms with Crippen LogP contribution in [0.25, 0.3) is 0 Å². The van der Waals surface area contributed by atoms with Crippen molar-refractivity contribution >= 4 is 11.7 Å². The molecule has 0 aliphatic rings. The van der Waals surface area contributed by atoms with Crippen molar-refractivity contribution in [2.45, 2.75) is 20.0 Å². The normalized spacial score (nSPS) is 10.4. The first-order valence-corrected chi connectivity index (χ1v) is 5.94. The van der Waals surface area contributed by atoms with Crippen LogP contribution in [0.1, 0.15) is 16.2 Å². The summed E-state index contributed by atoms with van der Waals surface area (Å²) in [5.74, 6) is 0.0154. The van der Waals surface area contributed by atoms with E-state index in [4.69, 9.17) is 5.73 Å². The summed E-state index contributed by atoms with van der Waals surface area (Å²) < 4.78 is 3.27. The summed E-state index contributed by atoms with van der Waals surface area (Å²) in [5, 5.41) is 10.9. The van der Waals surface area contributed by atoms with Gasteiger partial charge in [-0.05, 0) is 11.0 Å². The highest BCUT2D eigenvalue weighted by atomic mass is 16.6. The maximum atomic E-state index is 11.1. The Morgan fingerprint density at radius 2 is 2.35 bits per heavy atom. The average Bonchev–Trinajstić information content (AvgIpc) is 2.78. The van der Waals surface area contributed by atoms with Gasteiger partial charge in [0.25, 0.3) is 5.91 Å². The SMILES string of the molecule is Cc1ncc([N+](=O)[O-])n1CC[n+]1cccc(C(N)=O)c1. The fraction of sp³-hybridized carbons (Fsp3) is 0.250. The van der Waals surface area contributed by atoms with Crippen LogP contribution in [-0.2, 0) is 13.1 Å². The van der Waals surface area contributed by atoms with Crippen molar-refractivity contribution in [1.82, 2.24) is 9.55 Å². The first-order chi connectivity index (χ1) is 9.49. The molecule has 0 atom stereocenters. The number of primary amides is 1. The third-order valence-corrected chi connectivity index (χ3v) is 2.95. The largest absolute Gasteiger partial charge is 0.365 e. The Kier molecular flexibility index (Phi) is 3.74. The van der Waals surface area contributed by atoms with Crippen LogP contribution < -0.4 is 10.3 Å². The van der Waals surface area contributed by atoms with Gasteiger partial charge in [-0.3, -0.25) is 4.79 Å². The van der Waals surface area contributed by atoms with Gasteiger partial charge in [0, 0.05) is 13.0 Å². The molecule has 0 saturated heterocycles. The van der Waals surface area contributed by atoms with Crippen LogP contribution in [0, 0.1) is 17.0 Å². The van der Waals surface area contributed by atoms with E-state index in [1.54, 1.807) is 36.0 Å². The number of carbonyl (C=O) groups excluding carboxylic acids is 1. The number of amides is 1. The fourth-order valence-corrected chi connectivity index (χ4v) is 1.90. The quantitative estimate of drug-likeness (QED) is 0.477. The van der Waals surface area contributed by atoms with Crippen molar-refractivity contribution in [1.29, 1.82) is 0 Å². The molecule has 8 heteroatoms. The number of aryl methyl sites for hydroxylation is 2. The Hall–Kier alpha value is -2.77. The van der Waals surface area contributed by atoms with Gasteiger partial charge < -0.3 is 15.8 Å². The summed E-state index contributed by atoms with van der Waals surface area (Å²) in [6, 6.07) is 3.32. The molecule has 0 saturated carbocycles. The molecule has 1 amide bonds. The molecular weight excluding hydrogens is 262 g/mol. The number of carbonyl (C=O) groups is 1. The first-order valence-electron chi connectivity index (χ1n) is 5.94. The number of nitrogens with two attached hydrogens (primary N) is 1. The molecule has 0 radical (unpaired) electrons. The lowest BCUT2D eigenvalue weighted by Gasteiger charge is -2.01. The summed E-state index contributed by atoms with van der Waals surface area (Å²) in [5.41, 5.74) is 5.60. The lowest BCUT2D eigenvalue weighted by molar-refractivity contribution is -0.698. The van der Waals surface area contributed by atoms with Crippen LogP contribution in [0.15, 0.2) is 30.7 Å². The zero-order chi connectivity index (χ0) is 14.7. The molecule has 2 aromatic heterocycles. The molecule has 0 fully saturated rings. The Bertz CT molecular complexity index is 665. The second-order valence-corrected chi connectivity index (χ2v) is 4.27. The van der Waals surface area contributed by atoms with Gasteiger partial charge in [-0.1, -0.05) is 0 Å². The maximum absolute atomic E-state index is 11.1. The number of nitro groups is 1. The molecule has 2 aromatic rings.